The Morgan fingerprint density at radius 1 is 1.22 bits per heavy atom. The normalized spacial score (nSPS) is 14.8. The zero-order valence-corrected chi connectivity index (χ0v) is 11.3. The Morgan fingerprint density at radius 3 is 2.67 bits per heavy atom. The molecule has 0 aromatic heterocycles. The average molecular weight is 265 g/mol. The highest BCUT2D eigenvalue weighted by Crippen LogP contribution is 2.12. The van der Waals surface area contributed by atoms with Crippen molar-refractivity contribution in [2.45, 2.75) is 12.8 Å². The molecule has 0 radical (unpaired) electrons. The van der Waals surface area contributed by atoms with Crippen LogP contribution in [-0.4, -0.2) is 42.0 Å². The molecule has 0 bridgehead atoms. The lowest BCUT2D eigenvalue weighted by atomic mass is 10.3. The number of benzene rings is 1. The van der Waals surface area contributed by atoms with E-state index in [4.69, 9.17) is 4.74 Å². The van der Waals surface area contributed by atoms with Gasteiger partial charge in [0.1, 0.15) is 5.75 Å². The van der Waals surface area contributed by atoms with Gasteiger partial charge in [-0.25, -0.2) is 0 Å². The van der Waals surface area contributed by atoms with Gasteiger partial charge in [0.05, 0.1) is 12.4 Å². The molecular formula is C14H19NO2S. The molecule has 2 rings (SSSR count). The lowest BCUT2D eigenvalue weighted by Crippen LogP contribution is -2.29. The first kappa shape index (κ1) is 13.3. The summed E-state index contributed by atoms with van der Waals surface area (Å²) in [7, 11) is 0. The standard InChI is InChI=1S/C14H19NO2S/c16-14(15-8-4-5-9-15)12-18-11-10-17-13-6-2-1-3-7-13/h1-3,6-7H,4-5,8-12H2. The van der Waals surface area contributed by atoms with E-state index in [0.717, 1.165) is 37.4 Å². The fourth-order valence-corrected chi connectivity index (χ4v) is 2.66. The molecule has 1 aliphatic rings. The Balaban J connectivity index is 1.54. The molecule has 1 amide bonds. The predicted octanol–water partition coefficient (Wildman–Crippen LogP) is 2.42. The largest absolute Gasteiger partial charge is 0.493 e. The van der Waals surface area contributed by atoms with Crippen molar-refractivity contribution in [3.05, 3.63) is 30.3 Å². The minimum absolute atomic E-state index is 0.275. The third kappa shape index (κ3) is 4.26. The Labute approximate surface area is 113 Å². The topological polar surface area (TPSA) is 29.5 Å². The highest BCUT2D eigenvalue weighted by Gasteiger charge is 2.17. The molecule has 0 saturated carbocycles. The first-order chi connectivity index (χ1) is 8.86. The highest BCUT2D eigenvalue weighted by molar-refractivity contribution is 7.99. The van der Waals surface area contributed by atoms with Crippen molar-refractivity contribution in [3.8, 4) is 5.75 Å². The molecule has 1 fully saturated rings. The van der Waals surface area contributed by atoms with Crippen LogP contribution in [0.4, 0.5) is 0 Å². The summed E-state index contributed by atoms with van der Waals surface area (Å²) in [5.41, 5.74) is 0. The Morgan fingerprint density at radius 2 is 1.94 bits per heavy atom. The van der Waals surface area contributed by atoms with E-state index in [1.807, 2.05) is 35.2 Å². The van der Waals surface area contributed by atoms with Crippen molar-refractivity contribution in [3.63, 3.8) is 0 Å². The van der Waals surface area contributed by atoms with E-state index in [1.165, 1.54) is 0 Å². The van der Waals surface area contributed by atoms with E-state index in [-0.39, 0.29) is 5.91 Å². The minimum Gasteiger partial charge on any atom is -0.493 e. The molecule has 1 heterocycles. The maximum atomic E-state index is 11.7. The molecule has 0 atom stereocenters. The van der Waals surface area contributed by atoms with Crippen molar-refractivity contribution in [2.24, 2.45) is 0 Å². The fraction of sp³-hybridized carbons (Fsp3) is 0.500. The molecule has 1 saturated heterocycles. The van der Waals surface area contributed by atoms with Gasteiger partial charge in [-0.1, -0.05) is 18.2 Å². The summed E-state index contributed by atoms with van der Waals surface area (Å²) in [5, 5.41) is 0. The van der Waals surface area contributed by atoms with Gasteiger partial charge >= 0.3 is 0 Å². The number of carbonyl (C=O) groups is 1. The molecule has 0 aliphatic carbocycles. The summed E-state index contributed by atoms with van der Waals surface area (Å²) in [4.78, 5) is 13.7. The van der Waals surface area contributed by atoms with E-state index >= 15 is 0 Å². The Hall–Kier alpha value is -1.16. The number of amides is 1. The summed E-state index contributed by atoms with van der Waals surface area (Å²) >= 11 is 1.65. The van der Waals surface area contributed by atoms with Crippen LogP contribution in [-0.2, 0) is 4.79 Å². The smallest absolute Gasteiger partial charge is 0.232 e. The molecule has 4 heteroatoms. The second-order valence-corrected chi connectivity index (χ2v) is 5.41. The van der Waals surface area contributed by atoms with Crippen LogP contribution in [0.3, 0.4) is 0 Å². The number of likely N-dealkylation sites (tertiary alicyclic amines) is 1. The van der Waals surface area contributed by atoms with Crippen LogP contribution < -0.4 is 4.74 Å². The van der Waals surface area contributed by atoms with Crippen LogP contribution >= 0.6 is 11.8 Å². The number of para-hydroxylation sites is 1. The fourth-order valence-electron chi connectivity index (χ4n) is 1.95. The molecular weight excluding hydrogens is 246 g/mol. The van der Waals surface area contributed by atoms with Crippen LogP contribution in [0.2, 0.25) is 0 Å². The monoisotopic (exact) mass is 265 g/mol. The molecule has 0 unspecified atom stereocenters. The van der Waals surface area contributed by atoms with E-state index in [0.29, 0.717) is 12.4 Å². The minimum atomic E-state index is 0.275. The third-order valence-corrected chi connectivity index (χ3v) is 3.83. The lowest BCUT2D eigenvalue weighted by Gasteiger charge is -2.14. The SMILES string of the molecule is O=C(CSCCOc1ccccc1)N1CCCC1. The van der Waals surface area contributed by atoms with E-state index in [1.54, 1.807) is 11.8 Å². The van der Waals surface area contributed by atoms with Crippen LogP contribution in [0.15, 0.2) is 30.3 Å². The number of ether oxygens (including phenoxy) is 1. The first-order valence-corrected chi connectivity index (χ1v) is 7.55. The summed E-state index contributed by atoms with van der Waals surface area (Å²) in [6.45, 7) is 2.54. The van der Waals surface area contributed by atoms with Crippen LogP contribution in [0.25, 0.3) is 0 Å². The zero-order chi connectivity index (χ0) is 12.6. The molecule has 1 aromatic carbocycles. The second kappa shape index (κ2) is 7.31. The van der Waals surface area contributed by atoms with Gasteiger partial charge in [-0.15, -0.1) is 11.8 Å². The van der Waals surface area contributed by atoms with Gasteiger partial charge in [0, 0.05) is 18.8 Å². The van der Waals surface area contributed by atoms with Gasteiger partial charge in [-0.05, 0) is 25.0 Å². The van der Waals surface area contributed by atoms with Gasteiger partial charge in [-0.2, -0.15) is 0 Å². The molecule has 18 heavy (non-hydrogen) atoms. The number of thioether (sulfide) groups is 1. The van der Waals surface area contributed by atoms with Crippen molar-refractivity contribution >= 4 is 17.7 Å². The van der Waals surface area contributed by atoms with Crippen molar-refractivity contribution in [1.29, 1.82) is 0 Å². The maximum Gasteiger partial charge on any atom is 0.232 e. The number of carbonyl (C=O) groups excluding carboxylic acids is 1. The lowest BCUT2D eigenvalue weighted by molar-refractivity contribution is -0.127. The summed E-state index contributed by atoms with van der Waals surface area (Å²) in [6.07, 6.45) is 2.32. The number of nitrogens with zero attached hydrogens (tertiary/aromatic N) is 1. The summed E-state index contributed by atoms with van der Waals surface area (Å²) < 4.78 is 5.57. The molecule has 0 spiro atoms. The number of hydrogen-bond acceptors (Lipinski definition) is 3. The zero-order valence-electron chi connectivity index (χ0n) is 10.5. The quantitative estimate of drug-likeness (QED) is 0.740. The second-order valence-electron chi connectivity index (χ2n) is 4.30. The van der Waals surface area contributed by atoms with Crippen LogP contribution in [0.5, 0.6) is 5.75 Å². The van der Waals surface area contributed by atoms with Gasteiger partial charge in [0.2, 0.25) is 5.91 Å². The van der Waals surface area contributed by atoms with Crippen molar-refractivity contribution in [2.75, 3.05) is 31.2 Å². The molecule has 0 N–H and O–H groups in total. The van der Waals surface area contributed by atoms with E-state index in [9.17, 15) is 4.79 Å². The first-order valence-electron chi connectivity index (χ1n) is 6.39. The summed E-state index contributed by atoms with van der Waals surface area (Å²) in [6, 6.07) is 9.77. The van der Waals surface area contributed by atoms with Gasteiger partial charge in [-0.3, -0.25) is 4.79 Å². The third-order valence-electron chi connectivity index (χ3n) is 2.92. The van der Waals surface area contributed by atoms with Gasteiger partial charge < -0.3 is 9.64 Å². The van der Waals surface area contributed by atoms with Crippen LogP contribution in [0.1, 0.15) is 12.8 Å². The van der Waals surface area contributed by atoms with Crippen LogP contribution in [0, 0.1) is 0 Å². The summed E-state index contributed by atoms with van der Waals surface area (Å²) in [5.74, 6) is 2.60. The van der Waals surface area contributed by atoms with Crippen molar-refractivity contribution < 1.29 is 9.53 Å². The van der Waals surface area contributed by atoms with Crippen molar-refractivity contribution in [1.82, 2.24) is 4.90 Å². The number of rotatable bonds is 6. The highest BCUT2D eigenvalue weighted by atomic mass is 32.2. The Bertz CT molecular complexity index is 363. The Kier molecular flexibility index (Phi) is 5.39. The maximum absolute atomic E-state index is 11.7. The molecule has 1 aromatic rings. The number of hydrogen-bond donors (Lipinski definition) is 0. The van der Waals surface area contributed by atoms with E-state index in [2.05, 4.69) is 0 Å². The van der Waals surface area contributed by atoms with Gasteiger partial charge in [0.25, 0.3) is 0 Å². The average Bonchev–Trinajstić information content (AvgIpc) is 2.93. The molecule has 1 aliphatic heterocycles. The van der Waals surface area contributed by atoms with E-state index < -0.39 is 0 Å². The predicted molar refractivity (Wildman–Crippen MR) is 75.1 cm³/mol. The van der Waals surface area contributed by atoms with Gasteiger partial charge in [0.15, 0.2) is 0 Å². The molecule has 98 valence electrons. The molecule has 3 nitrogen and oxygen atoms in total.